The average molecular weight is 269 g/mol. The summed E-state index contributed by atoms with van der Waals surface area (Å²) in [6.45, 7) is 0.100. The van der Waals surface area contributed by atoms with E-state index in [-0.39, 0.29) is 11.3 Å². The van der Waals surface area contributed by atoms with E-state index in [1.165, 1.54) is 19.1 Å². The summed E-state index contributed by atoms with van der Waals surface area (Å²) < 4.78 is 62.4. The van der Waals surface area contributed by atoms with Crippen molar-refractivity contribution >= 4 is 0 Å². The Bertz CT molecular complexity index is 410. The van der Waals surface area contributed by atoms with Crippen molar-refractivity contribution in [3.05, 3.63) is 29.6 Å². The van der Waals surface area contributed by atoms with Crippen LogP contribution in [-0.4, -0.2) is 24.0 Å². The monoisotopic (exact) mass is 269 g/mol. The molecule has 0 bridgehead atoms. The van der Waals surface area contributed by atoms with E-state index in [0.717, 1.165) is 6.07 Å². The fourth-order valence-corrected chi connectivity index (χ4v) is 1.34. The molecule has 0 saturated heterocycles. The molecule has 0 aliphatic rings. The number of aromatic hydroxyl groups is 1. The Balaban J connectivity index is 2.69. The van der Waals surface area contributed by atoms with Crippen molar-refractivity contribution in [1.29, 1.82) is 0 Å². The van der Waals surface area contributed by atoms with Crippen LogP contribution in [0.25, 0.3) is 0 Å². The van der Waals surface area contributed by atoms with Gasteiger partial charge in [-0.3, -0.25) is 0 Å². The van der Waals surface area contributed by atoms with Crippen LogP contribution in [0.5, 0.6) is 5.75 Å². The largest absolute Gasteiger partial charge is 0.508 e. The quantitative estimate of drug-likeness (QED) is 0.805. The predicted molar refractivity (Wildman–Crippen MR) is 55.4 cm³/mol. The summed E-state index contributed by atoms with van der Waals surface area (Å²) in [5.74, 6) is -5.27. The van der Waals surface area contributed by atoms with Gasteiger partial charge in [-0.15, -0.1) is 0 Å². The minimum absolute atomic E-state index is 0.0119. The lowest BCUT2D eigenvalue weighted by Gasteiger charge is -2.20. The van der Waals surface area contributed by atoms with Gasteiger partial charge in [-0.2, -0.15) is 8.78 Å². The number of hydrogen-bond donors (Lipinski definition) is 2. The number of phenols is 1. The van der Waals surface area contributed by atoms with E-state index >= 15 is 0 Å². The third-order valence-electron chi connectivity index (χ3n) is 2.41. The van der Waals surface area contributed by atoms with Gasteiger partial charge in [0.15, 0.2) is 0 Å². The Morgan fingerprint density at radius 1 is 1.33 bits per heavy atom. The van der Waals surface area contributed by atoms with Crippen LogP contribution in [-0.2, 0) is 0 Å². The fourth-order valence-electron chi connectivity index (χ4n) is 1.34. The van der Waals surface area contributed by atoms with Crippen molar-refractivity contribution in [2.75, 3.05) is 6.54 Å². The smallest absolute Gasteiger partial charge is 0.319 e. The number of rotatable bonds is 5. The van der Waals surface area contributed by atoms with Crippen molar-refractivity contribution < 1.29 is 27.1 Å². The number of phenolic OH excluding ortho intramolecular Hbond substituents is 1. The van der Waals surface area contributed by atoms with Gasteiger partial charge in [-0.25, -0.2) is 13.2 Å². The van der Waals surface area contributed by atoms with Gasteiger partial charge in [0.25, 0.3) is 0 Å². The Labute approximate surface area is 100 Å². The number of halogens is 5. The molecule has 1 aromatic rings. The highest BCUT2D eigenvalue weighted by atomic mass is 19.3. The van der Waals surface area contributed by atoms with Crippen LogP contribution in [0.3, 0.4) is 0 Å². The maximum Gasteiger partial charge on any atom is 0.319 e. The molecule has 1 rings (SSSR count). The SMILES string of the molecule is CC(NCC(F)(F)C(F)F)c1ccc(O)cc1F. The molecule has 0 fully saturated rings. The minimum Gasteiger partial charge on any atom is -0.508 e. The molecule has 1 aromatic carbocycles. The van der Waals surface area contributed by atoms with E-state index in [9.17, 15) is 22.0 Å². The first kappa shape index (κ1) is 14.7. The molecule has 1 atom stereocenters. The first-order valence-electron chi connectivity index (χ1n) is 5.12. The van der Waals surface area contributed by atoms with Gasteiger partial charge in [-0.05, 0) is 13.0 Å². The highest BCUT2D eigenvalue weighted by Crippen LogP contribution is 2.25. The molecular weight excluding hydrogens is 257 g/mol. The Morgan fingerprint density at radius 2 is 1.94 bits per heavy atom. The van der Waals surface area contributed by atoms with E-state index in [4.69, 9.17) is 5.11 Å². The Morgan fingerprint density at radius 3 is 2.44 bits per heavy atom. The second-order valence-corrected chi connectivity index (χ2v) is 3.87. The third-order valence-corrected chi connectivity index (χ3v) is 2.41. The van der Waals surface area contributed by atoms with E-state index in [1.807, 2.05) is 0 Å². The van der Waals surface area contributed by atoms with Gasteiger partial charge in [0, 0.05) is 17.7 Å². The molecule has 2 nitrogen and oxygen atoms in total. The van der Waals surface area contributed by atoms with Crippen molar-refractivity contribution in [2.24, 2.45) is 0 Å². The van der Waals surface area contributed by atoms with Crippen LogP contribution < -0.4 is 5.32 Å². The van der Waals surface area contributed by atoms with Crippen LogP contribution in [0, 0.1) is 5.82 Å². The molecule has 0 saturated carbocycles. The zero-order valence-corrected chi connectivity index (χ0v) is 9.43. The molecule has 7 heteroatoms. The molecule has 0 radical (unpaired) electrons. The summed E-state index contributed by atoms with van der Waals surface area (Å²) in [4.78, 5) is 0. The van der Waals surface area contributed by atoms with Crippen molar-refractivity contribution in [2.45, 2.75) is 25.3 Å². The molecule has 0 spiro atoms. The van der Waals surface area contributed by atoms with Gasteiger partial charge in [0.1, 0.15) is 11.6 Å². The molecule has 102 valence electrons. The van der Waals surface area contributed by atoms with Gasteiger partial charge < -0.3 is 10.4 Å². The first-order valence-corrected chi connectivity index (χ1v) is 5.12. The normalized spacial score (nSPS) is 13.9. The predicted octanol–water partition coefficient (Wildman–Crippen LogP) is 3.08. The van der Waals surface area contributed by atoms with Gasteiger partial charge in [0.2, 0.25) is 0 Å². The summed E-state index contributed by atoms with van der Waals surface area (Å²) in [5, 5.41) is 11.1. The fraction of sp³-hybridized carbons (Fsp3) is 0.455. The van der Waals surface area contributed by atoms with Gasteiger partial charge in [0.05, 0.1) is 6.54 Å². The molecule has 1 unspecified atom stereocenters. The van der Waals surface area contributed by atoms with Crippen LogP contribution in [0.2, 0.25) is 0 Å². The molecule has 2 N–H and O–H groups in total. The summed E-state index contributed by atoms with van der Waals surface area (Å²) in [6.07, 6.45) is -3.78. The van der Waals surface area contributed by atoms with Crippen LogP contribution in [0.15, 0.2) is 18.2 Å². The average Bonchev–Trinajstić information content (AvgIpc) is 2.25. The van der Waals surface area contributed by atoms with Crippen molar-refractivity contribution in [3.8, 4) is 5.75 Å². The van der Waals surface area contributed by atoms with Gasteiger partial charge in [-0.1, -0.05) is 6.07 Å². The summed E-state index contributed by atoms with van der Waals surface area (Å²) in [7, 11) is 0. The number of alkyl halides is 4. The third kappa shape index (κ3) is 3.56. The number of nitrogens with one attached hydrogen (secondary N) is 1. The summed E-state index contributed by atoms with van der Waals surface area (Å²) in [6, 6.07) is 2.32. The zero-order valence-electron chi connectivity index (χ0n) is 9.43. The van der Waals surface area contributed by atoms with E-state index in [1.54, 1.807) is 0 Å². The molecule has 0 aromatic heterocycles. The highest BCUT2D eigenvalue weighted by Gasteiger charge is 2.40. The minimum atomic E-state index is -4.17. The maximum absolute atomic E-state index is 13.3. The lowest BCUT2D eigenvalue weighted by atomic mass is 10.1. The van der Waals surface area contributed by atoms with Crippen molar-refractivity contribution in [3.63, 3.8) is 0 Å². The second-order valence-electron chi connectivity index (χ2n) is 3.87. The molecule has 0 amide bonds. The van der Waals surface area contributed by atoms with Crippen molar-refractivity contribution in [1.82, 2.24) is 5.32 Å². The molecule has 0 aliphatic carbocycles. The lowest BCUT2D eigenvalue weighted by Crippen LogP contribution is -2.39. The molecule has 18 heavy (non-hydrogen) atoms. The van der Waals surface area contributed by atoms with E-state index in [2.05, 4.69) is 5.32 Å². The topological polar surface area (TPSA) is 32.3 Å². The summed E-state index contributed by atoms with van der Waals surface area (Å²) in [5.41, 5.74) is 0.0119. The standard InChI is InChI=1S/C11H12F5NO/c1-6(17-5-11(15,16)10(13)14)8-3-2-7(18)4-9(8)12/h2-4,6,10,17-18H,5H2,1H3. The Kier molecular flexibility index (Phi) is 4.50. The van der Waals surface area contributed by atoms with E-state index in [0.29, 0.717) is 0 Å². The van der Waals surface area contributed by atoms with Gasteiger partial charge >= 0.3 is 12.3 Å². The number of benzene rings is 1. The summed E-state index contributed by atoms with van der Waals surface area (Å²) >= 11 is 0. The second kappa shape index (κ2) is 5.51. The zero-order chi connectivity index (χ0) is 13.9. The lowest BCUT2D eigenvalue weighted by molar-refractivity contribution is -0.126. The van der Waals surface area contributed by atoms with Crippen LogP contribution >= 0.6 is 0 Å². The van der Waals surface area contributed by atoms with Crippen LogP contribution in [0.1, 0.15) is 18.5 Å². The number of hydrogen-bond acceptors (Lipinski definition) is 2. The van der Waals surface area contributed by atoms with Crippen LogP contribution in [0.4, 0.5) is 22.0 Å². The molecular formula is C11H12F5NO. The maximum atomic E-state index is 13.3. The Hall–Kier alpha value is -1.37. The first-order chi connectivity index (χ1) is 8.24. The van der Waals surface area contributed by atoms with E-state index < -0.39 is 30.8 Å². The highest BCUT2D eigenvalue weighted by molar-refractivity contribution is 5.29. The molecule has 0 heterocycles. The molecule has 0 aliphatic heterocycles.